The summed E-state index contributed by atoms with van der Waals surface area (Å²) in [6.45, 7) is 2.70. The molecule has 3 aromatic heterocycles. The van der Waals surface area contributed by atoms with Crippen molar-refractivity contribution in [2.45, 2.75) is 12.8 Å². The first-order valence-electron chi connectivity index (χ1n) is 15.9. The van der Waals surface area contributed by atoms with Gasteiger partial charge in [-0.2, -0.15) is 0 Å². The highest BCUT2D eigenvalue weighted by Gasteiger charge is 2.24. The maximum absolute atomic E-state index is 14.0. The molecule has 0 saturated carbocycles. The van der Waals surface area contributed by atoms with Crippen molar-refractivity contribution in [1.82, 2.24) is 19.2 Å². The van der Waals surface area contributed by atoms with Crippen molar-refractivity contribution < 1.29 is 29.2 Å². The van der Waals surface area contributed by atoms with E-state index < -0.39 is 0 Å². The fourth-order valence-corrected chi connectivity index (χ4v) is 6.26. The lowest BCUT2D eigenvalue weighted by Crippen LogP contribution is -2.16. The Morgan fingerprint density at radius 1 is 0.729 bits per heavy atom. The van der Waals surface area contributed by atoms with Crippen LogP contribution in [-0.2, 0) is 0 Å². The van der Waals surface area contributed by atoms with E-state index in [1.807, 2.05) is 63.1 Å². The van der Waals surface area contributed by atoms with E-state index in [4.69, 9.17) is 18.9 Å². The third kappa shape index (κ3) is 6.14. The van der Waals surface area contributed by atoms with Crippen LogP contribution < -0.4 is 24.5 Å². The molecule has 0 aliphatic carbocycles. The SMILES string of the molecule is COc1ccc(-c2c3c4cc(OCCCN(C)C)c(OCCCN(C)C)cc4[nH]c(=O)c3n3ccc4cc(O)c(OC)cc4c23)cc1O. The van der Waals surface area contributed by atoms with Gasteiger partial charge < -0.3 is 48.3 Å². The van der Waals surface area contributed by atoms with E-state index in [9.17, 15) is 15.0 Å². The van der Waals surface area contributed by atoms with Crippen LogP contribution in [-0.4, -0.2) is 98.1 Å². The lowest BCUT2D eigenvalue weighted by Gasteiger charge is -2.16. The Labute approximate surface area is 278 Å². The molecule has 3 N–H and O–H groups in total. The van der Waals surface area contributed by atoms with Crippen LogP contribution in [0.5, 0.6) is 34.5 Å². The molecule has 0 saturated heterocycles. The molecule has 11 nitrogen and oxygen atoms in total. The van der Waals surface area contributed by atoms with Gasteiger partial charge in [0.05, 0.1) is 38.5 Å². The summed E-state index contributed by atoms with van der Waals surface area (Å²) >= 11 is 0. The zero-order valence-corrected chi connectivity index (χ0v) is 28.2. The summed E-state index contributed by atoms with van der Waals surface area (Å²) in [5.41, 5.74) is 2.82. The molecule has 48 heavy (non-hydrogen) atoms. The molecule has 3 heterocycles. The first-order valence-corrected chi connectivity index (χ1v) is 15.9. The van der Waals surface area contributed by atoms with Crippen LogP contribution in [0.15, 0.2) is 59.5 Å². The molecular weight excluding hydrogens is 612 g/mol. The van der Waals surface area contributed by atoms with Gasteiger partial charge in [-0.15, -0.1) is 0 Å². The van der Waals surface area contributed by atoms with Crippen LogP contribution in [0.2, 0.25) is 0 Å². The number of aromatic nitrogens is 2. The number of phenolic OH excluding ortho intramolecular Hbond substituents is 2. The summed E-state index contributed by atoms with van der Waals surface area (Å²) in [6.07, 6.45) is 3.46. The second kappa shape index (κ2) is 13.5. The lowest BCUT2D eigenvalue weighted by atomic mass is 9.97. The number of pyridine rings is 2. The summed E-state index contributed by atoms with van der Waals surface area (Å²) in [6, 6.07) is 14.2. The van der Waals surface area contributed by atoms with Gasteiger partial charge in [0.1, 0.15) is 5.52 Å². The van der Waals surface area contributed by atoms with Gasteiger partial charge in [0.2, 0.25) is 0 Å². The van der Waals surface area contributed by atoms with Crippen LogP contribution in [0.25, 0.3) is 49.2 Å². The number of nitrogens with one attached hydrogen (secondary N) is 1. The number of hydrogen-bond acceptors (Lipinski definition) is 9. The zero-order chi connectivity index (χ0) is 34.1. The van der Waals surface area contributed by atoms with E-state index in [0.717, 1.165) is 47.7 Å². The van der Waals surface area contributed by atoms with Crippen molar-refractivity contribution in [3.63, 3.8) is 0 Å². The summed E-state index contributed by atoms with van der Waals surface area (Å²) in [7, 11) is 11.1. The van der Waals surface area contributed by atoms with Gasteiger partial charge in [-0.25, -0.2) is 0 Å². The first kappa shape index (κ1) is 32.8. The molecule has 11 heteroatoms. The highest BCUT2D eigenvalue weighted by atomic mass is 16.5. The van der Waals surface area contributed by atoms with Gasteiger partial charge in [0.15, 0.2) is 34.5 Å². The smallest absolute Gasteiger partial charge is 0.273 e. The maximum atomic E-state index is 14.0. The molecule has 6 aromatic rings. The fraction of sp³-hybridized carbons (Fsp3) is 0.324. The van der Waals surface area contributed by atoms with Gasteiger partial charge in [0.25, 0.3) is 5.56 Å². The van der Waals surface area contributed by atoms with Crippen molar-refractivity contribution in [2.24, 2.45) is 0 Å². The minimum Gasteiger partial charge on any atom is -0.504 e. The van der Waals surface area contributed by atoms with Crippen molar-refractivity contribution in [1.29, 1.82) is 0 Å². The Morgan fingerprint density at radius 2 is 1.35 bits per heavy atom. The number of phenols is 2. The molecule has 0 aliphatic heterocycles. The second-order valence-corrected chi connectivity index (χ2v) is 12.4. The number of nitrogens with zero attached hydrogens (tertiary/aromatic N) is 3. The van der Waals surface area contributed by atoms with E-state index in [1.165, 1.54) is 14.2 Å². The van der Waals surface area contributed by atoms with Gasteiger partial charge >= 0.3 is 0 Å². The number of hydrogen-bond donors (Lipinski definition) is 3. The molecule has 0 radical (unpaired) electrons. The highest BCUT2D eigenvalue weighted by molar-refractivity contribution is 6.22. The number of benzene rings is 3. The quantitative estimate of drug-likeness (QED) is 0.132. The Bertz CT molecular complexity index is 2190. The van der Waals surface area contributed by atoms with Crippen molar-refractivity contribution >= 4 is 38.1 Å². The van der Waals surface area contributed by atoms with Crippen molar-refractivity contribution in [3.05, 3.63) is 65.1 Å². The number of fused-ring (bicyclic) bond motifs is 7. The summed E-state index contributed by atoms with van der Waals surface area (Å²) in [5.74, 6) is 1.73. The van der Waals surface area contributed by atoms with Crippen LogP contribution in [0.4, 0.5) is 0 Å². The molecule has 0 amide bonds. The predicted molar refractivity (Wildman–Crippen MR) is 190 cm³/mol. The third-order valence-electron chi connectivity index (χ3n) is 8.51. The molecule has 252 valence electrons. The Kier molecular flexibility index (Phi) is 9.25. The summed E-state index contributed by atoms with van der Waals surface area (Å²) < 4.78 is 25.3. The van der Waals surface area contributed by atoms with Crippen molar-refractivity contribution in [2.75, 3.05) is 68.7 Å². The van der Waals surface area contributed by atoms with Crippen LogP contribution in [0, 0.1) is 0 Å². The standard InChI is InChI=1S/C37H42N4O7/c1-39(2)12-7-15-47-31-20-25-26(21-32(31)48-16-8-13-40(3)4)38-37(44)36-34(25)33(23-9-10-29(45-5)27(42)18-23)35-24-19-30(46-6)28(43)17-22(24)11-14-41(35)36/h9-11,14,17-21,42-43H,7-8,12-13,15-16H2,1-6H3,(H,38,44). The second-order valence-electron chi connectivity index (χ2n) is 12.4. The van der Waals surface area contributed by atoms with E-state index in [0.29, 0.717) is 63.7 Å². The van der Waals surface area contributed by atoms with Gasteiger partial charge in [-0.05, 0) is 88.4 Å². The van der Waals surface area contributed by atoms with E-state index in [2.05, 4.69) is 14.8 Å². The number of methoxy groups -OCH3 is 2. The summed E-state index contributed by atoms with van der Waals surface area (Å²) in [5, 5.41) is 24.4. The molecule has 3 aromatic carbocycles. The van der Waals surface area contributed by atoms with Gasteiger partial charge in [-0.1, -0.05) is 6.07 Å². The Morgan fingerprint density at radius 3 is 1.98 bits per heavy atom. The van der Waals surface area contributed by atoms with E-state index in [-0.39, 0.29) is 17.1 Å². The molecule has 0 fully saturated rings. The average molecular weight is 655 g/mol. The Hall–Kier alpha value is -5.13. The number of rotatable bonds is 13. The van der Waals surface area contributed by atoms with E-state index in [1.54, 1.807) is 24.3 Å². The topological polar surface area (TPSA) is 121 Å². The van der Waals surface area contributed by atoms with Crippen LogP contribution in [0.3, 0.4) is 0 Å². The van der Waals surface area contributed by atoms with Crippen LogP contribution in [0.1, 0.15) is 12.8 Å². The minimum atomic E-state index is -0.292. The average Bonchev–Trinajstić information content (AvgIpc) is 3.41. The molecule has 0 aliphatic rings. The predicted octanol–water partition coefficient (Wildman–Crippen LogP) is 5.84. The van der Waals surface area contributed by atoms with E-state index >= 15 is 0 Å². The molecule has 0 bridgehead atoms. The molecule has 6 rings (SSSR count). The minimum absolute atomic E-state index is 0.00608. The van der Waals surface area contributed by atoms with Gasteiger partial charge in [0, 0.05) is 47.1 Å². The molecule has 0 spiro atoms. The highest BCUT2D eigenvalue weighted by Crippen LogP contribution is 2.46. The maximum Gasteiger partial charge on any atom is 0.273 e. The Balaban J connectivity index is 1.68. The molecule has 0 unspecified atom stereocenters. The zero-order valence-electron chi connectivity index (χ0n) is 28.2. The largest absolute Gasteiger partial charge is 0.504 e. The summed E-state index contributed by atoms with van der Waals surface area (Å²) in [4.78, 5) is 21.4. The number of aromatic amines is 1. The van der Waals surface area contributed by atoms with Crippen molar-refractivity contribution in [3.8, 4) is 45.6 Å². The fourth-order valence-electron chi connectivity index (χ4n) is 6.26. The third-order valence-corrected chi connectivity index (χ3v) is 8.51. The molecular formula is C37H42N4O7. The number of aromatic hydroxyl groups is 2. The van der Waals surface area contributed by atoms with Crippen LogP contribution >= 0.6 is 0 Å². The normalized spacial score (nSPS) is 11.8. The van der Waals surface area contributed by atoms with Gasteiger partial charge in [-0.3, -0.25) is 4.79 Å². The first-order chi connectivity index (χ1) is 23.1. The number of H-pyrrole nitrogens is 1. The monoisotopic (exact) mass is 654 g/mol. The molecule has 0 atom stereocenters. The number of ether oxygens (including phenoxy) is 4. The lowest BCUT2D eigenvalue weighted by molar-refractivity contribution is 0.245.